The predicted octanol–water partition coefficient (Wildman–Crippen LogP) is 2.35. The molecule has 0 saturated carbocycles. The molecule has 0 aliphatic carbocycles. The molecule has 0 aliphatic heterocycles. The summed E-state index contributed by atoms with van der Waals surface area (Å²) in [5, 5.41) is 9.53. The van der Waals surface area contributed by atoms with Crippen LogP contribution < -0.4 is 14.8 Å². The van der Waals surface area contributed by atoms with E-state index in [1.54, 1.807) is 39.0 Å². The van der Waals surface area contributed by atoms with E-state index in [0.717, 1.165) is 11.3 Å². The van der Waals surface area contributed by atoms with E-state index in [9.17, 15) is 19.2 Å². The van der Waals surface area contributed by atoms with Gasteiger partial charge in [-0.15, -0.1) is 17.9 Å². The van der Waals surface area contributed by atoms with Gasteiger partial charge in [-0.2, -0.15) is 5.26 Å². The van der Waals surface area contributed by atoms with E-state index >= 15 is 0 Å². The standard InChI is InChI=1S/C20H19FN2O2S/c1-5-10-23-18(25)16(11-13-6-8-14(21)9-7-13)26-19(23)15(12-22)17(24)20(2,3)4/h5-9,11H,1,10H2,2-4H3. The predicted molar refractivity (Wildman–Crippen MR) is 101 cm³/mol. The van der Waals surface area contributed by atoms with Crippen molar-refractivity contribution in [2.75, 3.05) is 0 Å². The van der Waals surface area contributed by atoms with E-state index in [0.29, 0.717) is 14.8 Å². The fraction of sp³-hybridized carbons (Fsp3) is 0.250. The molecule has 2 aromatic rings. The number of carbonyl (C=O) groups is 1. The van der Waals surface area contributed by atoms with Gasteiger partial charge in [0.05, 0.1) is 4.53 Å². The Bertz CT molecular complexity index is 1060. The minimum atomic E-state index is -0.745. The van der Waals surface area contributed by atoms with Crippen molar-refractivity contribution in [3.05, 3.63) is 67.9 Å². The first-order valence-corrected chi connectivity index (χ1v) is 8.77. The number of carbonyl (C=O) groups excluding carboxylic acids is 1. The van der Waals surface area contributed by atoms with Crippen LogP contribution in [0.3, 0.4) is 0 Å². The molecule has 1 aromatic heterocycles. The number of nitrogens with zero attached hydrogens (tertiary/aromatic N) is 2. The Balaban J connectivity index is 2.83. The summed E-state index contributed by atoms with van der Waals surface area (Å²) < 4.78 is 15.1. The Morgan fingerprint density at radius 3 is 2.46 bits per heavy atom. The molecule has 0 spiro atoms. The number of rotatable bonds is 4. The van der Waals surface area contributed by atoms with Gasteiger partial charge in [0.15, 0.2) is 5.78 Å². The molecular weight excluding hydrogens is 351 g/mol. The van der Waals surface area contributed by atoms with Gasteiger partial charge in [0, 0.05) is 12.0 Å². The highest BCUT2D eigenvalue weighted by Gasteiger charge is 2.27. The van der Waals surface area contributed by atoms with Crippen LogP contribution in [0, 0.1) is 22.6 Å². The summed E-state index contributed by atoms with van der Waals surface area (Å²) in [5.41, 5.74) is -0.447. The Morgan fingerprint density at radius 1 is 1.35 bits per heavy atom. The monoisotopic (exact) mass is 370 g/mol. The number of aromatic nitrogens is 1. The van der Waals surface area contributed by atoms with Gasteiger partial charge in [-0.3, -0.25) is 14.2 Å². The number of hydrogen-bond acceptors (Lipinski definition) is 4. The third-order valence-corrected chi connectivity index (χ3v) is 4.75. The fourth-order valence-corrected chi connectivity index (χ4v) is 3.39. The third kappa shape index (κ3) is 4.06. The van der Waals surface area contributed by atoms with Crippen LogP contribution in [-0.2, 0) is 11.3 Å². The highest BCUT2D eigenvalue weighted by atomic mass is 32.1. The van der Waals surface area contributed by atoms with E-state index in [1.165, 1.54) is 22.8 Å². The Morgan fingerprint density at radius 2 is 1.96 bits per heavy atom. The van der Waals surface area contributed by atoms with E-state index in [1.807, 2.05) is 6.07 Å². The quantitative estimate of drug-likeness (QED) is 0.776. The zero-order valence-electron chi connectivity index (χ0n) is 14.9. The van der Waals surface area contributed by atoms with Gasteiger partial charge in [0.2, 0.25) is 0 Å². The lowest BCUT2D eigenvalue weighted by molar-refractivity contribution is -0.120. The van der Waals surface area contributed by atoms with Crippen molar-refractivity contribution >= 4 is 28.8 Å². The molecule has 0 aliphatic rings. The van der Waals surface area contributed by atoms with Crippen LogP contribution in [-0.4, -0.2) is 10.4 Å². The van der Waals surface area contributed by atoms with Crippen molar-refractivity contribution in [3.8, 4) is 6.07 Å². The summed E-state index contributed by atoms with van der Waals surface area (Å²) in [6.07, 6.45) is 3.15. The molecule has 0 amide bonds. The minimum Gasteiger partial charge on any atom is -0.294 e. The van der Waals surface area contributed by atoms with E-state index < -0.39 is 5.41 Å². The molecule has 6 heteroatoms. The number of thiazole rings is 1. The maximum Gasteiger partial charge on any atom is 0.269 e. The van der Waals surface area contributed by atoms with Crippen LogP contribution in [0.15, 0.2) is 41.7 Å². The van der Waals surface area contributed by atoms with Crippen molar-refractivity contribution in [2.45, 2.75) is 27.3 Å². The lowest BCUT2D eigenvalue weighted by Crippen LogP contribution is -2.34. The van der Waals surface area contributed by atoms with Crippen molar-refractivity contribution in [2.24, 2.45) is 5.41 Å². The maximum atomic E-state index is 13.1. The second kappa shape index (κ2) is 7.63. The van der Waals surface area contributed by atoms with Crippen molar-refractivity contribution < 1.29 is 9.18 Å². The van der Waals surface area contributed by atoms with Crippen molar-refractivity contribution in [1.82, 2.24) is 4.57 Å². The zero-order chi connectivity index (χ0) is 19.5. The molecule has 1 heterocycles. The molecule has 0 unspecified atom stereocenters. The Kier molecular flexibility index (Phi) is 5.73. The lowest BCUT2D eigenvalue weighted by atomic mass is 9.87. The molecule has 2 rings (SSSR count). The van der Waals surface area contributed by atoms with Gasteiger partial charge < -0.3 is 0 Å². The number of Topliss-reactive ketones (excluding diaryl/α,β-unsaturated/α-hetero) is 1. The first-order valence-electron chi connectivity index (χ1n) is 7.96. The maximum absolute atomic E-state index is 13.1. The fourth-order valence-electron chi connectivity index (χ4n) is 2.28. The molecular formula is C20H19FN2O2S. The second-order valence-corrected chi connectivity index (χ2v) is 7.77. The molecule has 0 atom stereocenters. The SMILES string of the molecule is C=CCn1c(=C(C#N)C(=O)C(C)(C)C)sc(=Cc2ccc(F)cc2)c1=O. The summed E-state index contributed by atoms with van der Waals surface area (Å²) in [4.78, 5) is 25.4. The van der Waals surface area contributed by atoms with Crippen LogP contribution in [0.1, 0.15) is 26.3 Å². The topological polar surface area (TPSA) is 62.9 Å². The number of hydrogen-bond donors (Lipinski definition) is 0. The second-order valence-electron chi connectivity index (χ2n) is 6.74. The average molecular weight is 370 g/mol. The van der Waals surface area contributed by atoms with Crippen LogP contribution >= 0.6 is 11.3 Å². The molecule has 134 valence electrons. The first-order chi connectivity index (χ1) is 12.2. The summed E-state index contributed by atoms with van der Waals surface area (Å²) in [7, 11) is 0. The van der Waals surface area contributed by atoms with Crippen LogP contribution in [0.4, 0.5) is 4.39 Å². The van der Waals surface area contributed by atoms with Crippen molar-refractivity contribution in [1.29, 1.82) is 5.26 Å². The van der Waals surface area contributed by atoms with Crippen LogP contribution in [0.25, 0.3) is 11.6 Å². The molecule has 0 fully saturated rings. The summed E-state index contributed by atoms with van der Waals surface area (Å²) in [5.74, 6) is -0.693. The number of allylic oxidation sites excluding steroid dienone is 1. The molecule has 0 bridgehead atoms. The summed E-state index contributed by atoms with van der Waals surface area (Å²) in [6, 6.07) is 7.68. The number of nitriles is 1. The van der Waals surface area contributed by atoms with Crippen LogP contribution in [0.2, 0.25) is 0 Å². The highest BCUT2D eigenvalue weighted by Crippen LogP contribution is 2.19. The Hall–Kier alpha value is -2.78. The van der Waals surface area contributed by atoms with Gasteiger partial charge in [-0.05, 0) is 23.8 Å². The van der Waals surface area contributed by atoms with E-state index in [2.05, 4.69) is 6.58 Å². The lowest BCUT2D eigenvalue weighted by Gasteiger charge is -2.15. The van der Waals surface area contributed by atoms with Gasteiger partial charge in [0.1, 0.15) is 22.1 Å². The highest BCUT2D eigenvalue weighted by molar-refractivity contribution is 7.07. The molecule has 4 nitrogen and oxygen atoms in total. The molecule has 0 N–H and O–H groups in total. The zero-order valence-corrected chi connectivity index (χ0v) is 15.7. The third-order valence-electron chi connectivity index (χ3n) is 3.62. The van der Waals surface area contributed by atoms with Gasteiger partial charge >= 0.3 is 0 Å². The molecule has 1 aromatic carbocycles. The number of halogens is 1. The summed E-state index contributed by atoms with van der Waals surface area (Å²) in [6.45, 7) is 8.99. The molecule has 0 radical (unpaired) electrons. The largest absolute Gasteiger partial charge is 0.294 e. The Labute approximate surface area is 154 Å². The number of ketones is 1. The molecule has 0 saturated heterocycles. The van der Waals surface area contributed by atoms with E-state index in [-0.39, 0.29) is 29.3 Å². The van der Waals surface area contributed by atoms with Crippen molar-refractivity contribution in [3.63, 3.8) is 0 Å². The first kappa shape index (κ1) is 19.5. The molecule has 26 heavy (non-hydrogen) atoms. The number of benzene rings is 1. The van der Waals surface area contributed by atoms with E-state index in [4.69, 9.17) is 0 Å². The van der Waals surface area contributed by atoms with Crippen LogP contribution in [0.5, 0.6) is 0 Å². The average Bonchev–Trinajstić information content (AvgIpc) is 2.87. The summed E-state index contributed by atoms with van der Waals surface area (Å²) >= 11 is 1.08. The minimum absolute atomic E-state index is 0.0415. The smallest absolute Gasteiger partial charge is 0.269 e. The normalized spacial score (nSPS) is 13.3. The van der Waals surface area contributed by atoms with Gasteiger partial charge in [0.25, 0.3) is 5.56 Å². The van der Waals surface area contributed by atoms with Gasteiger partial charge in [-0.25, -0.2) is 4.39 Å². The van der Waals surface area contributed by atoms with Gasteiger partial charge in [-0.1, -0.05) is 39.0 Å².